The maximum atomic E-state index is 5.09. The van der Waals surface area contributed by atoms with E-state index >= 15 is 0 Å². The first-order chi connectivity index (χ1) is 22.3. The summed E-state index contributed by atoms with van der Waals surface area (Å²) in [5, 5.41) is 5.14. The number of benzene rings is 6. The van der Waals surface area contributed by atoms with Crippen LogP contribution in [0.2, 0.25) is 0 Å². The summed E-state index contributed by atoms with van der Waals surface area (Å²) in [6.07, 6.45) is 0. The van der Waals surface area contributed by atoms with Gasteiger partial charge in [0.2, 0.25) is 0 Å². The molecule has 0 saturated carbocycles. The molecule has 6 aromatic carbocycles. The number of thiophene rings is 2. The minimum absolute atomic E-state index is 0.120. The second-order valence-corrected chi connectivity index (χ2v) is 13.7. The van der Waals surface area contributed by atoms with Crippen molar-refractivity contribution in [2.45, 2.75) is 5.92 Å². The molecule has 0 aliphatic heterocycles. The summed E-state index contributed by atoms with van der Waals surface area (Å²) in [5.74, 6) is 2.34. The van der Waals surface area contributed by atoms with E-state index in [2.05, 4.69) is 133 Å². The summed E-state index contributed by atoms with van der Waals surface area (Å²) >= 11 is 3.67. The summed E-state index contributed by atoms with van der Waals surface area (Å²) in [5.41, 5.74) is 7.02. The molecule has 0 spiro atoms. The largest absolute Gasteiger partial charge is 0.212 e. The average molecular weight is 610 g/mol. The van der Waals surface area contributed by atoms with E-state index in [9.17, 15) is 0 Å². The second kappa shape index (κ2) is 9.63. The van der Waals surface area contributed by atoms with Gasteiger partial charge in [-0.25, -0.2) is 15.0 Å². The Bertz CT molecular complexity index is 2590. The molecular weight excluding hydrogens is 587 g/mol. The summed E-state index contributed by atoms with van der Waals surface area (Å²) in [4.78, 5) is 15.2. The van der Waals surface area contributed by atoms with Crippen LogP contribution in [-0.4, -0.2) is 15.0 Å². The van der Waals surface area contributed by atoms with Crippen LogP contribution in [0.15, 0.2) is 133 Å². The molecule has 1 aliphatic rings. The highest BCUT2D eigenvalue weighted by molar-refractivity contribution is 7.26. The maximum Gasteiger partial charge on any atom is 0.163 e. The molecule has 5 heteroatoms. The van der Waals surface area contributed by atoms with E-state index < -0.39 is 0 Å². The third kappa shape index (κ3) is 3.98. The minimum atomic E-state index is 0.120. The Morgan fingerprint density at radius 1 is 0.422 bits per heavy atom. The van der Waals surface area contributed by atoms with E-state index in [0.29, 0.717) is 11.6 Å². The van der Waals surface area contributed by atoms with Gasteiger partial charge in [0.15, 0.2) is 11.6 Å². The van der Waals surface area contributed by atoms with Gasteiger partial charge in [-0.1, -0.05) is 97.1 Å². The topological polar surface area (TPSA) is 38.7 Å². The molecule has 0 bridgehead atoms. The van der Waals surface area contributed by atoms with Crippen LogP contribution in [-0.2, 0) is 0 Å². The third-order valence-electron chi connectivity index (χ3n) is 8.94. The third-order valence-corrected chi connectivity index (χ3v) is 11.2. The monoisotopic (exact) mass is 609 g/mol. The van der Waals surface area contributed by atoms with Crippen LogP contribution in [0.1, 0.15) is 22.9 Å². The Balaban J connectivity index is 1.10. The Morgan fingerprint density at radius 2 is 1.00 bits per heavy atom. The molecule has 3 nitrogen and oxygen atoms in total. The first-order valence-electron chi connectivity index (χ1n) is 15.1. The van der Waals surface area contributed by atoms with Crippen molar-refractivity contribution in [3.63, 3.8) is 0 Å². The van der Waals surface area contributed by atoms with Crippen molar-refractivity contribution in [2.75, 3.05) is 0 Å². The number of nitrogens with zero attached hydrogens (tertiary/aromatic N) is 3. The number of aromatic nitrogens is 3. The lowest BCUT2D eigenvalue weighted by Gasteiger charge is -2.09. The van der Waals surface area contributed by atoms with Crippen molar-refractivity contribution in [1.29, 1.82) is 0 Å². The van der Waals surface area contributed by atoms with E-state index in [-0.39, 0.29) is 5.92 Å². The van der Waals surface area contributed by atoms with Gasteiger partial charge in [0.1, 0.15) is 5.82 Å². The highest BCUT2D eigenvalue weighted by atomic mass is 32.1. The van der Waals surface area contributed by atoms with E-state index in [0.717, 1.165) is 17.0 Å². The molecule has 210 valence electrons. The summed E-state index contributed by atoms with van der Waals surface area (Å²) in [6.45, 7) is 0. The number of fused-ring (bicyclic) bond motifs is 7. The van der Waals surface area contributed by atoms with Crippen molar-refractivity contribution in [3.8, 4) is 33.9 Å². The summed E-state index contributed by atoms with van der Waals surface area (Å²) in [6, 6.07) is 47.7. The highest BCUT2D eigenvalue weighted by Crippen LogP contribution is 2.47. The Hall–Kier alpha value is -5.23. The lowest BCUT2D eigenvalue weighted by molar-refractivity contribution is 0.926. The quantitative estimate of drug-likeness (QED) is 0.199. The van der Waals surface area contributed by atoms with E-state index in [4.69, 9.17) is 15.0 Å². The van der Waals surface area contributed by atoms with Gasteiger partial charge in [-0.3, -0.25) is 0 Å². The molecule has 0 amide bonds. The van der Waals surface area contributed by atoms with Crippen molar-refractivity contribution in [1.82, 2.24) is 15.0 Å². The van der Waals surface area contributed by atoms with E-state index in [1.165, 1.54) is 62.6 Å². The molecule has 3 aromatic heterocycles. The van der Waals surface area contributed by atoms with Crippen LogP contribution in [0.3, 0.4) is 0 Å². The molecule has 0 fully saturated rings. The van der Waals surface area contributed by atoms with Crippen molar-refractivity contribution >= 4 is 63.0 Å². The van der Waals surface area contributed by atoms with Gasteiger partial charge in [0.25, 0.3) is 0 Å². The first-order valence-corrected chi connectivity index (χ1v) is 16.7. The van der Waals surface area contributed by atoms with Crippen LogP contribution in [0.4, 0.5) is 0 Å². The zero-order valence-electron chi connectivity index (χ0n) is 23.9. The Kier molecular flexibility index (Phi) is 5.38. The van der Waals surface area contributed by atoms with Crippen LogP contribution < -0.4 is 0 Å². The van der Waals surface area contributed by atoms with Gasteiger partial charge < -0.3 is 0 Å². The first kappa shape index (κ1) is 25.1. The summed E-state index contributed by atoms with van der Waals surface area (Å²) < 4.78 is 5.19. The van der Waals surface area contributed by atoms with Gasteiger partial charge in [-0.2, -0.15) is 0 Å². The minimum Gasteiger partial charge on any atom is -0.212 e. The molecule has 3 heterocycles. The fraction of sp³-hybridized carbons (Fsp3) is 0.0250. The summed E-state index contributed by atoms with van der Waals surface area (Å²) in [7, 11) is 0. The highest BCUT2D eigenvalue weighted by Gasteiger charge is 2.36. The number of rotatable bonds is 4. The number of hydrogen-bond acceptors (Lipinski definition) is 5. The lowest BCUT2D eigenvalue weighted by Crippen LogP contribution is -2.03. The normalized spacial score (nSPS) is 12.8. The van der Waals surface area contributed by atoms with E-state index in [1.54, 1.807) is 0 Å². The van der Waals surface area contributed by atoms with Gasteiger partial charge in [0, 0.05) is 51.5 Å². The zero-order valence-corrected chi connectivity index (χ0v) is 25.6. The Morgan fingerprint density at radius 3 is 1.80 bits per heavy atom. The molecule has 0 radical (unpaired) electrons. The smallest absolute Gasteiger partial charge is 0.163 e. The molecule has 0 unspecified atom stereocenters. The van der Waals surface area contributed by atoms with Gasteiger partial charge in [0.05, 0.1) is 5.92 Å². The molecule has 10 rings (SSSR count). The standard InChI is InChI=1S/C40H23N3S2/c1-2-10-29-28(9-1)37(29)40-42-38(41-39(43-40)25-20-21-34-31(22-25)27-8-3-5-13-32(27)44-34)24-18-16-23(17-19-24)26-12-7-15-35-36(26)30-11-4-6-14-33(30)45-35/h1-22,37H. The predicted octanol–water partition coefficient (Wildman–Crippen LogP) is 11.1. The van der Waals surface area contributed by atoms with Crippen LogP contribution in [0.25, 0.3) is 74.2 Å². The maximum absolute atomic E-state index is 5.09. The van der Waals surface area contributed by atoms with Gasteiger partial charge >= 0.3 is 0 Å². The van der Waals surface area contributed by atoms with E-state index in [1.807, 2.05) is 22.7 Å². The molecular formula is C40H23N3S2. The molecule has 1 aliphatic carbocycles. The molecule has 0 atom stereocenters. The second-order valence-electron chi connectivity index (χ2n) is 11.6. The SMILES string of the molecule is c1ccc2c(c1)C2c1nc(-c2ccc(-c3cccc4sc5ccccc5c34)cc2)nc(-c2ccc3sc4ccccc4c3c2)n1. The lowest BCUT2D eigenvalue weighted by atomic mass is 9.98. The van der Waals surface area contributed by atoms with Crippen molar-refractivity contribution < 1.29 is 0 Å². The van der Waals surface area contributed by atoms with Crippen molar-refractivity contribution in [2.24, 2.45) is 0 Å². The van der Waals surface area contributed by atoms with Crippen molar-refractivity contribution in [3.05, 3.63) is 150 Å². The predicted molar refractivity (Wildman–Crippen MR) is 189 cm³/mol. The number of hydrogen-bond donors (Lipinski definition) is 0. The zero-order chi connectivity index (χ0) is 29.5. The van der Waals surface area contributed by atoms with Crippen LogP contribution in [0, 0.1) is 0 Å². The van der Waals surface area contributed by atoms with Gasteiger partial charge in [-0.15, -0.1) is 22.7 Å². The molecule has 0 saturated heterocycles. The Labute approximate surface area is 267 Å². The molecule has 45 heavy (non-hydrogen) atoms. The van der Waals surface area contributed by atoms with Crippen LogP contribution >= 0.6 is 22.7 Å². The molecule has 9 aromatic rings. The van der Waals surface area contributed by atoms with Gasteiger partial charge in [-0.05, 0) is 58.7 Å². The fourth-order valence-corrected chi connectivity index (χ4v) is 8.92. The fourth-order valence-electron chi connectivity index (χ4n) is 6.70. The average Bonchev–Trinajstić information content (AvgIpc) is 3.53. The van der Waals surface area contributed by atoms with Crippen LogP contribution in [0.5, 0.6) is 0 Å². The molecule has 0 N–H and O–H groups in total.